The van der Waals surface area contributed by atoms with E-state index in [9.17, 15) is 14.4 Å². The summed E-state index contributed by atoms with van der Waals surface area (Å²) >= 11 is 3.47. The number of fused-ring (bicyclic) bond motifs is 4. The number of benzene rings is 2. The zero-order valence-electron chi connectivity index (χ0n) is 21.7. The van der Waals surface area contributed by atoms with Gasteiger partial charge in [-0.15, -0.1) is 0 Å². The lowest BCUT2D eigenvalue weighted by molar-refractivity contribution is 0.0802. The number of pyridine rings is 1. The molecule has 1 aromatic heterocycles. The van der Waals surface area contributed by atoms with Gasteiger partial charge in [-0.3, -0.25) is 14.4 Å². The second kappa shape index (κ2) is 10.6. The Balaban J connectivity index is 1.51. The molecule has 0 aliphatic carbocycles. The van der Waals surface area contributed by atoms with E-state index in [2.05, 4.69) is 26.1 Å². The van der Waals surface area contributed by atoms with Crippen LogP contribution in [0.3, 0.4) is 0 Å². The lowest BCUT2D eigenvalue weighted by atomic mass is 9.83. The molecule has 0 spiro atoms. The zero-order valence-corrected chi connectivity index (χ0v) is 23.3. The van der Waals surface area contributed by atoms with Gasteiger partial charge in [-0.25, -0.2) is 0 Å². The molecule has 0 radical (unpaired) electrons. The number of nitrogens with zero attached hydrogens (tertiary/aromatic N) is 3. The molecule has 3 heterocycles. The highest BCUT2D eigenvalue weighted by Gasteiger charge is 2.35. The number of hydrogen-bond donors (Lipinski definition) is 1. The second-order valence-electron chi connectivity index (χ2n) is 9.95. The number of amides is 2. The highest BCUT2D eigenvalue weighted by molar-refractivity contribution is 9.10. The minimum Gasteiger partial charge on any atom is -0.497 e. The Morgan fingerprint density at radius 2 is 1.92 bits per heavy atom. The van der Waals surface area contributed by atoms with Crippen molar-refractivity contribution in [3.8, 4) is 5.75 Å². The zero-order chi connectivity index (χ0) is 27.0. The Morgan fingerprint density at radius 1 is 1.11 bits per heavy atom. The fourth-order valence-corrected chi connectivity index (χ4v) is 5.92. The molecule has 2 aromatic carbocycles. The van der Waals surface area contributed by atoms with E-state index in [1.54, 1.807) is 49.4 Å². The first-order chi connectivity index (χ1) is 18.3. The molecule has 38 heavy (non-hydrogen) atoms. The van der Waals surface area contributed by atoms with Gasteiger partial charge in [-0.05, 0) is 77.7 Å². The first-order valence-electron chi connectivity index (χ1n) is 12.8. The predicted molar refractivity (Wildman–Crippen MR) is 151 cm³/mol. The van der Waals surface area contributed by atoms with Crippen molar-refractivity contribution in [2.24, 2.45) is 5.92 Å². The summed E-state index contributed by atoms with van der Waals surface area (Å²) in [4.78, 5) is 42.8. The Bertz CT molecular complexity index is 1450. The number of rotatable bonds is 6. The standard InChI is InChI=1S/C29H31BrN4O4/c1-4-32(2)29(37)19-8-11-26(24(13-19)31-28(36)22-14-21(38-3)9-10-23(22)30)33-15-18-12-20(17-33)25-6-5-7-27(35)34(25)16-18/h5-11,13-14,18,20H,4,12,15-17H2,1-3H3,(H,31,36). The molecule has 3 aromatic rings. The Hall–Kier alpha value is -3.59. The van der Waals surface area contributed by atoms with Crippen LogP contribution in [-0.2, 0) is 6.54 Å². The van der Waals surface area contributed by atoms with Crippen molar-refractivity contribution in [1.29, 1.82) is 0 Å². The van der Waals surface area contributed by atoms with Crippen LogP contribution in [0.1, 0.15) is 45.7 Å². The molecule has 2 bridgehead atoms. The number of piperidine rings is 1. The molecule has 2 amide bonds. The molecule has 8 nitrogen and oxygen atoms in total. The maximum absolute atomic E-state index is 13.5. The number of halogens is 1. The molecule has 0 saturated carbocycles. The van der Waals surface area contributed by atoms with E-state index in [1.807, 2.05) is 35.8 Å². The van der Waals surface area contributed by atoms with E-state index >= 15 is 0 Å². The Labute approximate surface area is 230 Å². The average Bonchev–Trinajstić information content (AvgIpc) is 2.92. The third-order valence-corrected chi connectivity index (χ3v) is 8.24. The summed E-state index contributed by atoms with van der Waals surface area (Å²) in [5.41, 5.74) is 3.47. The minimum atomic E-state index is -0.306. The average molecular weight is 579 g/mol. The van der Waals surface area contributed by atoms with Crippen LogP contribution in [0.2, 0.25) is 0 Å². The fraction of sp³-hybridized carbons (Fsp3) is 0.345. The topological polar surface area (TPSA) is 83.9 Å². The monoisotopic (exact) mass is 578 g/mol. The van der Waals surface area contributed by atoms with E-state index in [-0.39, 0.29) is 23.3 Å². The summed E-state index contributed by atoms with van der Waals surface area (Å²) in [5, 5.41) is 3.07. The number of anilines is 2. The molecular weight excluding hydrogens is 548 g/mol. The molecule has 1 saturated heterocycles. The maximum atomic E-state index is 13.5. The van der Waals surface area contributed by atoms with Gasteiger partial charge >= 0.3 is 0 Å². The van der Waals surface area contributed by atoms with Crippen molar-refractivity contribution in [2.75, 3.05) is 44.0 Å². The maximum Gasteiger partial charge on any atom is 0.257 e. The summed E-state index contributed by atoms with van der Waals surface area (Å²) in [5.74, 6) is 0.676. The van der Waals surface area contributed by atoms with E-state index in [4.69, 9.17) is 4.74 Å². The molecule has 1 fully saturated rings. The highest BCUT2D eigenvalue weighted by Crippen LogP contribution is 2.39. The van der Waals surface area contributed by atoms with Gasteiger partial charge in [-0.1, -0.05) is 6.07 Å². The minimum absolute atomic E-state index is 0.0466. The van der Waals surface area contributed by atoms with Crippen LogP contribution in [0.5, 0.6) is 5.75 Å². The van der Waals surface area contributed by atoms with Crippen LogP contribution in [0, 0.1) is 5.92 Å². The Kier molecular flexibility index (Phi) is 7.29. The number of carbonyl (C=O) groups excluding carboxylic acids is 2. The van der Waals surface area contributed by atoms with Crippen LogP contribution in [-0.4, -0.2) is 55.1 Å². The highest BCUT2D eigenvalue weighted by atomic mass is 79.9. The van der Waals surface area contributed by atoms with E-state index < -0.39 is 0 Å². The van der Waals surface area contributed by atoms with Crippen molar-refractivity contribution in [1.82, 2.24) is 9.47 Å². The van der Waals surface area contributed by atoms with Crippen LogP contribution in [0.4, 0.5) is 11.4 Å². The van der Waals surface area contributed by atoms with Crippen LogP contribution in [0.15, 0.2) is 63.9 Å². The van der Waals surface area contributed by atoms with Gasteiger partial charge in [-0.2, -0.15) is 0 Å². The molecule has 2 unspecified atom stereocenters. The molecule has 2 aliphatic rings. The van der Waals surface area contributed by atoms with Crippen molar-refractivity contribution in [3.05, 3.63) is 86.2 Å². The van der Waals surface area contributed by atoms with Crippen molar-refractivity contribution in [2.45, 2.75) is 25.8 Å². The summed E-state index contributed by atoms with van der Waals surface area (Å²) in [6.45, 7) is 4.65. The molecular formula is C29H31BrN4O4. The number of nitrogens with one attached hydrogen (secondary N) is 1. The van der Waals surface area contributed by atoms with Crippen LogP contribution >= 0.6 is 15.9 Å². The summed E-state index contributed by atoms with van der Waals surface area (Å²) in [6, 6.07) is 16.2. The van der Waals surface area contributed by atoms with Gasteiger partial charge in [0.05, 0.1) is 24.0 Å². The molecule has 9 heteroatoms. The van der Waals surface area contributed by atoms with Gasteiger partial charge in [0.25, 0.3) is 17.4 Å². The first kappa shape index (κ1) is 26.0. The number of hydrogen-bond acceptors (Lipinski definition) is 5. The van der Waals surface area contributed by atoms with Gasteiger partial charge < -0.3 is 24.4 Å². The molecule has 2 atom stereocenters. The third kappa shape index (κ3) is 4.95. The smallest absolute Gasteiger partial charge is 0.257 e. The van der Waals surface area contributed by atoms with Gasteiger partial charge in [0.2, 0.25) is 0 Å². The third-order valence-electron chi connectivity index (χ3n) is 7.55. The van der Waals surface area contributed by atoms with Gasteiger partial charge in [0, 0.05) is 60.9 Å². The van der Waals surface area contributed by atoms with Gasteiger partial charge in [0.15, 0.2) is 0 Å². The number of ether oxygens (including phenoxy) is 1. The first-order valence-corrected chi connectivity index (χ1v) is 13.6. The number of methoxy groups -OCH3 is 1. The van der Waals surface area contributed by atoms with Gasteiger partial charge in [0.1, 0.15) is 5.75 Å². The fourth-order valence-electron chi connectivity index (χ4n) is 5.50. The Morgan fingerprint density at radius 3 is 2.68 bits per heavy atom. The van der Waals surface area contributed by atoms with Crippen molar-refractivity contribution >= 4 is 39.1 Å². The summed E-state index contributed by atoms with van der Waals surface area (Å²) < 4.78 is 7.86. The van der Waals surface area contributed by atoms with E-state index in [1.165, 1.54) is 0 Å². The predicted octanol–water partition coefficient (Wildman–Crippen LogP) is 4.59. The lowest BCUT2D eigenvalue weighted by Crippen LogP contribution is -2.47. The van der Waals surface area contributed by atoms with E-state index in [0.29, 0.717) is 52.6 Å². The molecule has 5 rings (SSSR count). The van der Waals surface area contributed by atoms with Crippen molar-refractivity contribution in [3.63, 3.8) is 0 Å². The lowest BCUT2D eigenvalue weighted by Gasteiger charge is -2.44. The van der Waals surface area contributed by atoms with E-state index in [0.717, 1.165) is 24.3 Å². The summed E-state index contributed by atoms with van der Waals surface area (Å²) in [6.07, 6.45) is 1.02. The molecule has 198 valence electrons. The quantitative estimate of drug-likeness (QED) is 0.462. The molecule has 1 N–H and O–H groups in total. The van der Waals surface area contributed by atoms with Crippen molar-refractivity contribution < 1.29 is 14.3 Å². The number of aromatic nitrogens is 1. The SMILES string of the molecule is CCN(C)C(=O)c1ccc(N2CC3CC(C2)c2cccc(=O)n2C3)c(NC(=O)c2cc(OC)ccc2Br)c1. The number of carbonyl (C=O) groups is 2. The summed E-state index contributed by atoms with van der Waals surface area (Å²) in [7, 11) is 3.31. The second-order valence-corrected chi connectivity index (χ2v) is 10.8. The van der Waals surface area contributed by atoms with Crippen LogP contribution < -0.4 is 20.5 Å². The largest absolute Gasteiger partial charge is 0.497 e. The molecule has 2 aliphatic heterocycles. The normalized spacial score (nSPS) is 17.9. The van der Waals surface area contributed by atoms with Crippen LogP contribution in [0.25, 0.3) is 0 Å².